The lowest BCUT2D eigenvalue weighted by molar-refractivity contribution is 0.0997. The third-order valence-corrected chi connectivity index (χ3v) is 6.18. The van der Waals surface area contributed by atoms with Crippen molar-refractivity contribution in [1.82, 2.24) is 9.97 Å². The SMILES string of the molecule is CCOc1ccc(Cc2nc3c(c4c2[nH]c2ccccc24)C(O)CC(C)(C)C3)cc1. The van der Waals surface area contributed by atoms with E-state index in [1.165, 1.54) is 5.56 Å². The highest BCUT2D eigenvalue weighted by Crippen LogP contribution is 2.45. The average molecular weight is 401 g/mol. The summed E-state index contributed by atoms with van der Waals surface area (Å²) in [6, 6.07) is 16.6. The number of aliphatic hydroxyl groups is 1. The van der Waals surface area contributed by atoms with E-state index in [1.807, 2.05) is 25.1 Å². The van der Waals surface area contributed by atoms with Gasteiger partial charge in [0.05, 0.1) is 23.9 Å². The summed E-state index contributed by atoms with van der Waals surface area (Å²) in [5.74, 6) is 0.889. The Kier molecular flexibility index (Phi) is 4.55. The first kappa shape index (κ1) is 19.1. The van der Waals surface area contributed by atoms with Crippen molar-refractivity contribution in [3.05, 3.63) is 71.0 Å². The second kappa shape index (κ2) is 7.13. The van der Waals surface area contributed by atoms with Crippen LogP contribution in [0.1, 0.15) is 55.8 Å². The number of aliphatic hydroxyl groups excluding tert-OH is 1. The van der Waals surface area contributed by atoms with Crippen molar-refractivity contribution < 1.29 is 9.84 Å². The molecule has 1 unspecified atom stereocenters. The van der Waals surface area contributed by atoms with Crippen LogP contribution in [0.2, 0.25) is 0 Å². The van der Waals surface area contributed by atoms with E-state index in [1.54, 1.807) is 0 Å². The maximum atomic E-state index is 11.1. The first-order valence-electron chi connectivity index (χ1n) is 10.8. The molecule has 4 nitrogen and oxygen atoms in total. The molecule has 2 aromatic carbocycles. The summed E-state index contributed by atoms with van der Waals surface area (Å²) in [6.45, 7) is 7.09. The van der Waals surface area contributed by atoms with Gasteiger partial charge in [-0.1, -0.05) is 44.2 Å². The molecule has 0 bridgehead atoms. The van der Waals surface area contributed by atoms with E-state index in [0.717, 1.165) is 63.8 Å². The molecule has 0 fully saturated rings. The Morgan fingerprint density at radius 2 is 1.90 bits per heavy atom. The largest absolute Gasteiger partial charge is 0.494 e. The quantitative estimate of drug-likeness (QED) is 0.461. The molecule has 0 saturated heterocycles. The van der Waals surface area contributed by atoms with Crippen molar-refractivity contribution in [3.63, 3.8) is 0 Å². The van der Waals surface area contributed by atoms with Crippen LogP contribution in [0.5, 0.6) is 5.75 Å². The molecular weight excluding hydrogens is 372 g/mol. The maximum absolute atomic E-state index is 11.1. The Morgan fingerprint density at radius 3 is 2.67 bits per heavy atom. The normalized spacial score (nSPS) is 17.9. The van der Waals surface area contributed by atoms with Gasteiger partial charge in [0, 0.05) is 34.0 Å². The van der Waals surface area contributed by atoms with Gasteiger partial charge in [-0.2, -0.15) is 0 Å². The third kappa shape index (κ3) is 3.25. The zero-order valence-corrected chi connectivity index (χ0v) is 17.8. The Morgan fingerprint density at radius 1 is 1.13 bits per heavy atom. The minimum Gasteiger partial charge on any atom is -0.494 e. The average Bonchev–Trinajstić information content (AvgIpc) is 3.08. The van der Waals surface area contributed by atoms with Gasteiger partial charge in [-0.3, -0.25) is 4.98 Å². The molecule has 0 aliphatic heterocycles. The molecule has 2 N–H and O–H groups in total. The number of nitrogens with one attached hydrogen (secondary N) is 1. The summed E-state index contributed by atoms with van der Waals surface area (Å²) in [5, 5.41) is 13.4. The summed E-state index contributed by atoms with van der Waals surface area (Å²) in [4.78, 5) is 8.71. The standard InChI is InChI=1S/C26H28N2O2/c1-4-30-17-11-9-16(10-12-17)13-20-25-23(18-7-5-6-8-19(18)28-25)24-21(27-20)14-26(2,3)15-22(24)29/h5-12,22,28-29H,4,13-15H2,1-3H3. The lowest BCUT2D eigenvalue weighted by atomic mass is 9.74. The maximum Gasteiger partial charge on any atom is 0.119 e. The molecule has 1 atom stereocenters. The van der Waals surface area contributed by atoms with E-state index in [0.29, 0.717) is 6.61 Å². The predicted molar refractivity (Wildman–Crippen MR) is 121 cm³/mol. The molecule has 154 valence electrons. The third-order valence-electron chi connectivity index (χ3n) is 6.18. The van der Waals surface area contributed by atoms with Crippen molar-refractivity contribution >= 4 is 21.8 Å². The second-order valence-electron chi connectivity index (χ2n) is 9.15. The fraction of sp³-hybridized carbons (Fsp3) is 0.346. The molecule has 2 heterocycles. The lowest BCUT2D eigenvalue weighted by Gasteiger charge is -2.34. The van der Waals surface area contributed by atoms with Gasteiger partial charge in [0.25, 0.3) is 0 Å². The smallest absolute Gasteiger partial charge is 0.119 e. The van der Waals surface area contributed by atoms with E-state index < -0.39 is 6.10 Å². The van der Waals surface area contributed by atoms with Gasteiger partial charge in [-0.15, -0.1) is 0 Å². The molecule has 0 spiro atoms. The molecule has 30 heavy (non-hydrogen) atoms. The van der Waals surface area contributed by atoms with E-state index in [4.69, 9.17) is 9.72 Å². The monoisotopic (exact) mass is 400 g/mol. The van der Waals surface area contributed by atoms with Crippen LogP contribution in [0.3, 0.4) is 0 Å². The number of fused-ring (bicyclic) bond motifs is 5. The van der Waals surface area contributed by atoms with Crippen LogP contribution < -0.4 is 4.74 Å². The molecule has 4 heteroatoms. The highest BCUT2D eigenvalue weighted by Gasteiger charge is 2.35. The van der Waals surface area contributed by atoms with E-state index >= 15 is 0 Å². The number of para-hydroxylation sites is 1. The number of hydrogen-bond acceptors (Lipinski definition) is 3. The minimum atomic E-state index is -0.488. The van der Waals surface area contributed by atoms with Crippen molar-refractivity contribution in [3.8, 4) is 5.75 Å². The number of aromatic amines is 1. The number of H-pyrrole nitrogens is 1. The number of aromatic nitrogens is 2. The van der Waals surface area contributed by atoms with E-state index in [9.17, 15) is 5.11 Å². The fourth-order valence-corrected chi connectivity index (χ4v) is 4.90. The number of pyridine rings is 1. The zero-order chi connectivity index (χ0) is 20.9. The first-order valence-corrected chi connectivity index (χ1v) is 10.8. The molecule has 0 radical (unpaired) electrons. The lowest BCUT2D eigenvalue weighted by Crippen LogP contribution is -2.27. The van der Waals surface area contributed by atoms with Gasteiger partial charge in [0.1, 0.15) is 5.75 Å². The number of benzene rings is 2. The van der Waals surface area contributed by atoms with Gasteiger partial charge in [-0.05, 0) is 48.9 Å². The van der Waals surface area contributed by atoms with Crippen LogP contribution in [0.15, 0.2) is 48.5 Å². The van der Waals surface area contributed by atoms with E-state index in [-0.39, 0.29) is 5.41 Å². The highest BCUT2D eigenvalue weighted by atomic mass is 16.5. The van der Waals surface area contributed by atoms with E-state index in [2.05, 4.69) is 49.2 Å². The number of nitrogens with zero attached hydrogens (tertiary/aromatic N) is 1. The van der Waals surface area contributed by atoms with Gasteiger partial charge < -0.3 is 14.8 Å². The van der Waals surface area contributed by atoms with Crippen LogP contribution in [-0.2, 0) is 12.8 Å². The highest BCUT2D eigenvalue weighted by molar-refractivity contribution is 6.10. The first-order chi connectivity index (χ1) is 14.4. The van der Waals surface area contributed by atoms with Crippen molar-refractivity contribution in [1.29, 1.82) is 0 Å². The summed E-state index contributed by atoms with van der Waals surface area (Å²) in [5.41, 5.74) is 6.45. The minimum absolute atomic E-state index is 0.0373. The van der Waals surface area contributed by atoms with Crippen LogP contribution in [0, 0.1) is 5.41 Å². The van der Waals surface area contributed by atoms with Gasteiger partial charge in [-0.25, -0.2) is 0 Å². The molecule has 5 rings (SSSR count). The van der Waals surface area contributed by atoms with Crippen LogP contribution in [0.25, 0.3) is 21.8 Å². The molecule has 0 saturated carbocycles. The molecule has 1 aliphatic carbocycles. The van der Waals surface area contributed by atoms with Crippen LogP contribution in [-0.4, -0.2) is 21.7 Å². The predicted octanol–water partition coefficient (Wildman–Crippen LogP) is 5.71. The van der Waals surface area contributed by atoms with Crippen molar-refractivity contribution in [2.24, 2.45) is 5.41 Å². The topological polar surface area (TPSA) is 58.1 Å². The fourth-order valence-electron chi connectivity index (χ4n) is 4.90. The summed E-state index contributed by atoms with van der Waals surface area (Å²) in [7, 11) is 0. The Bertz CT molecular complexity index is 1220. The molecule has 4 aromatic rings. The van der Waals surface area contributed by atoms with Crippen LogP contribution in [0.4, 0.5) is 0 Å². The Labute approximate surface area is 176 Å². The number of rotatable bonds is 4. The Hall–Kier alpha value is -2.85. The zero-order valence-electron chi connectivity index (χ0n) is 17.8. The Balaban J connectivity index is 1.69. The molecular formula is C26H28N2O2. The van der Waals surface area contributed by atoms with Crippen molar-refractivity contribution in [2.45, 2.75) is 46.1 Å². The number of hydrogen-bond donors (Lipinski definition) is 2. The molecule has 2 aromatic heterocycles. The summed E-state index contributed by atoms with van der Waals surface area (Å²) < 4.78 is 5.58. The van der Waals surface area contributed by atoms with Gasteiger partial charge in [0.15, 0.2) is 0 Å². The van der Waals surface area contributed by atoms with Gasteiger partial charge in [0.2, 0.25) is 0 Å². The van der Waals surface area contributed by atoms with Crippen LogP contribution >= 0.6 is 0 Å². The number of ether oxygens (including phenoxy) is 1. The van der Waals surface area contributed by atoms with Gasteiger partial charge >= 0.3 is 0 Å². The molecule has 0 amide bonds. The summed E-state index contributed by atoms with van der Waals surface area (Å²) in [6.07, 6.45) is 1.89. The molecule has 1 aliphatic rings. The second-order valence-corrected chi connectivity index (χ2v) is 9.15. The van der Waals surface area contributed by atoms with Crippen molar-refractivity contribution in [2.75, 3.05) is 6.61 Å². The summed E-state index contributed by atoms with van der Waals surface area (Å²) >= 11 is 0.